The molecule has 1 N–H and O–H groups in total. The van der Waals surface area contributed by atoms with Crippen molar-refractivity contribution >= 4 is 21.9 Å². The molecular weight excluding hydrogens is 308 g/mol. The Morgan fingerprint density at radius 1 is 1.32 bits per heavy atom. The molecule has 1 heterocycles. The fourth-order valence-corrected chi connectivity index (χ4v) is 2.45. The molecule has 0 spiro atoms. The fourth-order valence-electron chi connectivity index (χ4n) is 1.94. The van der Waals surface area contributed by atoms with Gasteiger partial charge >= 0.3 is 5.97 Å². The molecule has 0 aliphatic heterocycles. The highest BCUT2D eigenvalue weighted by molar-refractivity contribution is 9.10. The van der Waals surface area contributed by atoms with Crippen LogP contribution in [-0.4, -0.2) is 20.9 Å². The highest BCUT2D eigenvalue weighted by Gasteiger charge is 2.14. The lowest BCUT2D eigenvalue weighted by Gasteiger charge is -2.09. The Hall–Kier alpha value is -1.62. The molecule has 0 saturated carbocycles. The van der Waals surface area contributed by atoms with E-state index in [0.29, 0.717) is 5.92 Å². The number of aromatic carboxylic acids is 1. The predicted molar refractivity (Wildman–Crippen MR) is 77.4 cm³/mol. The van der Waals surface area contributed by atoms with E-state index < -0.39 is 5.97 Å². The van der Waals surface area contributed by atoms with Crippen molar-refractivity contribution in [2.24, 2.45) is 7.05 Å². The molecule has 0 unspecified atom stereocenters. The van der Waals surface area contributed by atoms with Gasteiger partial charge in [0.2, 0.25) is 0 Å². The van der Waals surface area contributed by atoms with Gasteiger partial charge in [-0.05, 0) is 35.7 Å². The van der Waals surface area contributed by atoms with Gasteiger partial charge < -0.3 is 5.11 Å². The number of rotatable bonds is 3. The zero-order valence-electron chi connectivity index (χ0n) is 11.0. The maximum Gasteiger partial charge on any atom is 0.356 e. The number of carboxylic acid groups (broad SMARTS) is 1. The van der Waals surface area contributed by atoms with E-state index in [2.05, 4.69) is 47.0 Å². The fraction of sp³-hybridized carbons (Fsp3) is 0.286. The van der Waals surface area contributed by atoms with Crippen LogP contribution < -0.4 is 0 Å². The Balaban J connectivity index is 2.55. The van der Waals surface area contributed by atoms with E-state index in [0.717, 1.165) is 15.7 Å². The summed E-state index contributed by atoms with van der Waals surface area (Å²) in [6.07, 6.45) is 0. The van der Waals surface area contributed by atoms with Crippen molar-refractivity contribution in [2.45, 2.75) is 19.8 Å². The van der Waals surface area contributed by atoms with E-state index in [1.54, 1.807) is 17.8 Å². The van der Waals surface area contributed by atoms with Crippen LogP contribution in [0.15, 0.2) is 28.7 Å². The number of carbonyl (C=O) groups is 1. The second-order valence-electron chi connectivity index (χ2n) is 4.77. The molecule has 0 saturated heterocycles. The Bertz CT molecular complexity index is 632. The number of nitrogens with zero attached hydrogens (tertiary/aromatic N) is 2. The molecule has 5 heteroatoms. The van der Waals surface area contributed by atoms with Gasteiger partial charge in [0.1, 0.15) is 0 Å². The molecule has 0 amide bonds. The van der Waals surface area contributed by atoms with Crippen LogP contribution in [0.1, 0.15) is 35.8 Å². The first-order chi connectivity index (χ1) is 8.88. The average Bonchev–Trinajstić information content (AvgIpc) is 2.70. The van der Waals surface area contributed by atoms with Crippen LogP contribution in [0.2, 0.25) is 0 Å². The van der Waals surface area contributed by atoms with Crippen molar-refractivity contribution in [2.75, 3.05) is 0 Å². The lowest BCUT2D eigenvalue weighted by molar-refractivity contribution is 0.0689. The summed E-state index contributed by atoms with van der Waals surface area (Å²) in [5.74, 6) is -0.607. The van der Waals surface area contributed by atoms with Crippen molar-refractivity contribution in [3.63, 3.8) is 0 Å². The van der Waals surface area contributed by atoms with Gasteiger partial charge in [-0.2, -0.15) is 5.10 Å². The van der Waals surface area contributed by atoms with E-state index in [1.807, 2.05) is 6.07 Å². The third-order valence-corrected chi connectivity index (χ3v) is 3.44. The lowest BCUT2D eigenvalue weighted by Crippen LogP contribution is -1.99. The van der Waals surface area contributed by atoms with E-state index in [4.69, 9.17) is 5.11 Å². The SMILES string of the molecule is CC(C)c1cc(Br)cc(-c2cc(C(=O)O)nn2C)c1. The number of halogens is 1. The second kappa shape index (κ2) is 5.17. The molecule has 0 atom stereocenters. The first-order valence-electron chi connectivity index (χ1n) is 5.96. The van der Waals surface area contributed by atoms with Gasteiger partial charge in [0, 0.05) is 17.1 Å². The molecule has 0 aliphatic rings. The lowest BCUT2D eigenvalue weighted by atomic mass is 9.99. The number of carboxylic acids is 1. The zero-order valence-corrected chi connectivity index (χ0v) is 12.6. The van der Waals surface area contributed by atoms with Crippen LogP contribution in [0.3, 0.4) is 0 Å². The smallest absolute Gasteiger partial charge is 0.356 e. The number of aryl methyl sites for hydroxylation is 1. The second-order valence-corrected chi connectivity index (χ2v) is 5.69. The average molecular weight is 323 g/mol. The van der Waals surface area contributed by atoms with Crippen LogP contribution in [0.5, 0.6) is 0 Å². The van der Waals surface area contributed by atoms with Crippen LogP contribution in [0, 0.1) is 0 Å². The van der Waals surface area contributed by atoms with Crippen LogP contribution in [0.25, 0.3) is 11.3 Å². The van der Waals surface area contributed by atoms with Gasteiger partial charge in [0.15, 0.2) is 5.69 Å². The van der Waals surface area contributed by atoms with Gasteiger partial charge in [-0.1, -0.05) is 29.8 Å². The van der Waals surface area contributed by atoms with E-state index in [1.165, 1.54) is 5.56 Å². The number of hydrogen-bond acceptors (Lipinski definition) is 2. The van der Waals surface area contributed by atoms with Crippen molar-refractivity contribution in [1.82, 2.24) is 9.78 Å². The first kappa shape index (κ1) is 13.8. The quantitative estimate of drug-likeness (QED) is 0.937. The highest BCUT2D eigenvalue weighted by Crippen LogP contribution is 2.28. The summed E-state index contributed by atoms with van der Waals surface area (Å²) in [5, 5.41) is 13.0. The van der Waals surface area contributed by atoms with Crippen molar-refractivity contribution < 1.29 is 9.90 Å². The molecular formula is C14H15BrN2O2. The molecule has 0 bridgehead atoms. The minimum atomic E-state index is -1.01. The van der Waals surface area contributed by atoms with E-state index in [9.17, 15) is 4.79 Å². The largest absolute Gasteiger partial charge is 0.476 e. The van der Waals surface area contributed by atoms with Gasteiger partial charge in [-0.15, -0.1) is 0 Å². The van der Waals surface area contributed by atoms with Crippen molar-refractivity contribution in [1.29, 1.82) is 0 Å². The molecule has 4 nitrogen and oxygen atoms in total. The molecule has 0 radical (unpaired) electrons. The van der Waals surface area contributed by atoms with E-state index in [-0.39, 0.29) is 5.69 Å². The maximum absolute atomic E-state index is 11.0. The summed E-state index contributed by atoms with van der Waals surface area (Å²) in [7, 11) is 1.75. The Labute approximate surface area is 120 Å². The van der Waals surface area contributed by atoms with Gasteiger partial charge in [0.05, 0.1) is 5.69 Å². The molecule has 0 aliphatic carbocycles. The maximum atomic E-state index is 11.0. The Morgan fingerprint density at radius 2 is 2.00 bits per heavy atom. The van der Waals surface area contributed by atoms with Crippen LogP contribution in [-0.2, 0) is 7.05 Å². The molecule has 19 heavy (non-hydrogen) atoms. The number of hydrogen-bond donors (Lipinski definition) is 1. The minimum Gasteiger partial charge on any atom is -0.476 e. The molecule has 1 aromatic carbocycles. The zero-order chi connectivity index (χ0) is 14.2. The molecule has 0 fully saturated rings. The minimum absolute atomic E-state index is 0.0589. The number of aromatic nitrogens is 2. The topological polar surface area (TPSA) is 55.1 Å². The summed E-state index contributed by atoms with van der Waals surface area (Å²) < 4.78 is 2.57. The Kier molecular flexibility index (Phi) is 3.75. The van der Waals surface area contributed by atoms with Gasteiger partial charge in [0.25, 0.3) is 0 Å². The third kappa shape index (κ3) is 2.87. The van der Waals surface area contributed by atoms with Gasteiger partial charge in [-0.3, -0.25) is 4.68 Å². The number of benzene rings is 1. The van der Waals surface area contributed by atoms with Crippen molar-refractivity contribution in [3.8, 4) is 11.3 Å². The monoisotopic (exact) mass is 322 g/mol. The summed E-state index contributed by atoms with van der Waals surface area (Å²) in [6.45, 7) is 4.24. The van der Waals surface area contributed by atoms with Crippen LogP contribution in [0.4, 0.5) is 0 Å². The third-order valence-electron chi connectivity index (χ3n) is 2.98. The normalized spacial score (nSPS) is 11.0. The predicted octanol–water partition coefficient (Wildman–Crippen LogP) is 3.67. The summed E-state index contributed by atoms with van der Waals surface area (Å²) in [4.78, 5) is 11.0. The highest BCUT2D eigenvalue weighted by atomic mass is 79.9. The summed E-state index contributed by atoms with van der Waals surface area (Å²) >= 11 is 3.49. The summed E-state index contributed by atoms with van der Waals surface area (Å²) in [5.41, 5.74) is 3.01. The Morgan fingerprint density at radius 3 is 2.53 bits per heavy atom. The first-order valence-corrected chi connectivity index (χ1v) is 6.76. The standard InChI is InChI=1S/C14H15BrN2O2/c1-8(2)9-4-10(6-11(15)5-9)13-7-12(14(18)19)16-17(13)3/h4-8H,1-3H3,(H,18,19). The van der Waals surface area contributed by atoms with Crippen molar-refractivity contribution in [3.05, 3.63) is 40.0 Å². The molecule has 1 aromatic heterocycles. The van der Waals surface area contributed by atoms with Gasteiger partial charge in [-0.25, -0.2) is 4.79 Å². The van der Waals surface area contributed by atoms with E-state index >= 15 is 0 Å². The van der Waals surface area contributed by atoms with Crippen LogP contribution >= 0.6 is 15.9 Å². The molecule has 100 valence electrons. The molecule has 2 aromatic rings. The molecule has 2 rings (SSSR count). The summed E-state index contributed by atoms with van der Waals surface area (Å²) in [6, 6.07) is 7.70.